The van der Waals surface area contributed by atoms with Crippen molar-refractivity contribution in [2.45, 2.75) is 18.6 Å². The summed E-state index contributed by atoms with van der Waals surface area (Å²) in [5.74, 6) is -0.127. The summed E-state index contributed by atoms with van der Waals surface area (Å²) in [5.41, 5.74) is 1.07. The van der Waals surface area contributed by atoms with Gasteiger partial charge in [-0.2, -0.15) is 0 Å². The van der Waals surface area contributed by atoms with Gasteiger partial charge in [0.05, 0.1) is 18.4 Å². The van der Waals surface area contributed by atoms with Crippen LogP contribution < -0.4 is 15.4 Å². The van der Waals surface area contributed by atoms with Crippen molar-refractivity contribution >= 4 is 27.3 Å². The summed E-state index contributed by atoms with van der Waals surface area (Å²) in [5, 5.41) is 5.88. The van der Waals surface area contributed by atoms with E-state index in [4.69, 9.17) is 4.74 Å². The Balaban J connectivity index is 1.93. The Labute approximate surface area is 124 Å². The molecule has 1 aromatic rings. The molecule has 3 N–H and O–H groups in total. The van der Waals surface area contributed by atoms with Gasteiger partial charge in [-0.25, -0.2) is 8.42 Å². The van der Waals surface area contributed by atoms with Crippen molar-refractivity contribution in [2.24, 2.45) is 0 Å². The minimum atomic E-state index is -3.30. The number of anilines is 2. The molecule has 1 aliphatic rings. The SMILES string of the molecule is COC1CNC(C(=O)Nc2ccc(NS(C)(=O)=O)cc2)C1. The summed E-state index contributed by atoms with van der Waals surface area (Å²) in [6.45, 7) is 0.659. The first-order valence-corrected chi connectivity index (χ1v) is 8.41. The fourth-order valence-electron chi connectivity index (χ4n) is 2.15. The predicted octanol–water partition coefficient (Wildman–Crippen LogP) is 0.374. The third-order valence-corrected chi connectivity index (χ3v) is 3.80. The lowest BCUT2D eigenvalue weighted by molar-refractivity contribution is -0.118. The molecule has 1 saturated heterocycles. The second-order valence-corrected chi connectivity index (χ2v) is 6.74. The summed E-state index contributed by atoms with van der Waals surface area (Å²) < 4.78 is 29.7. The van der Waals surface area contributed by atoms with Gasteiger partial charge in [-0.05, 0) is 30.7 Å². The molecule has 8 heteroatoms. The maximum atomic E-state index is 12.0. The van der Waals surface area contributed by atoms with Crippen LogP contribution in [0, 0.1) is 0 Å². The average Bonchev–Trinajstić information content (AvgIpc) is 2.88. The van der Waals surface area contributed by atoms with Crippen molar-refractivity contribution in [3.63, 3.8) is 0 Å². The van der Waals surface area contributed by atoms with Crippen LogP contribution in [0.2, 0.25) is 0 Å². The summed E-state index contributed by atoms with van der Waals surface area (Å²) >= 11 is 0. The third-order valence-electron chi connectivity index (χ3n) is 3.20. The van der Waals surface area contributed by atoms with Crippen LogP contribution in [0.25, 0.3) is 0 Å². The van der Waals surface area contributed by atoms with Gasteiger partial charge >= 0.3 is 0 Å². The van der Waals surface area contributed by atoms with E-state index < -0.39 is 10.0 Å². The molecule has 2 atom stereocenters. The molecule has 0 saturated carbocycles. The topological polar surface area (TPSA) is 96.5 Å². The first kappa shape index (κ1) is 15.7. The van der Waals surface area contributed by atoms with E-state index in [-0.39, 0.29) is 18.1 Å². The quantitative estimate of drug-likeness (QED) is 0.730. The summed E-state index contributed by atoms with van der Waals surface area (Å²) in [6, 6.07) is 6.21. The Bertz CT molecular complexity index is 600. The van der Waals surface area contributed by atoms with Gasteiger partial charge in [0.1, 0.15) is 0 Å². The highest BCUT2D eigenvalue weighted by Crippen LogP contribution is 2.16. The zero-order valence-electron chi connectivity index (χ0n) is 11.9. The highest BCUT2D eigenvalue weighted by atomic mass is 32.2. The Hall–Kier alpha value is -1.64. The lowest BCUT2D eigenvalue weighted by Gasteiger charge is -2.12. The predicted molar refractivity (Wildman–Crippen MR) is 80.7 cm³/mol. The van der Waals surface area contributed by atoms with Crippen molar-refractivity contribution in [3.05, 3.63) is 24.3 Å². The van der Waals surface area contributed by atoms with Crippen molar-refractivity contribution in [2.75, 3.05) is 29.9 Å². The van der Waals surface area contributed by atoms with Crippen LogP contribution in [0.1, 0.15) is 6.42 Å². The molecule has 1 aliphatic heterocycles. The number of hydrogen-bond acceptors (Lipinski definition) is 5. The van der Waals surface area contributed by atoms with E-state index in [0.717, 1.165) is 6.26 Å². The van der Waals surface area contributed by atoms with E-state index in [1.165, 1.54) is 0 Å². The molecule has 2 unspecified atom stereocenters. The van der Waals surface area contributed by atoms with Crippen molar-refractivity contribution in [1.29, 1.82) is 0 Å². The van der Waals surface area contributed by atoms with Crippen LogP contribution in [0.15, 0.2) is 24.3 Å². The molecule has 7 nitrogen and oxygen atoms in total. The Morgan fingerprint density at radius 3 is 2.43 bits per heavy atom. The van der Waals surface area contributed by atoms with E-state index in [1.807, 2.05) is 0 Å². The molecule has 0 spiro atoms. The molecule has 0 bridgehead atoms. The maximum absolute atomic E-state index is 12.0. The monoisotopic (exact) mass is 313 g/mol. The molecule has 2 rings (SSSR count). The Kier molecular flexibility index (Phi) is 4.81. The fraction of sp³-hybridized carbons (Fsp3) is 0.462. The zero-order chi connectivity index (χ0) is 15.5. The first-order chi connectivity index (χ1) is 9.87. The second kappa shape index (κ2) is 6.42. The molecule has 116 valence electrons. The van der Waals surface area contributed by atoms with Crippen molar-refractivity contribution in [1.82, 2.24) is 5.32 Å². The van der Waals surface area contributed by atoms with Crippen molar-refractivity contribution in [3.8, 4) is 0 Å². The Morgan fingerprint density at radius 2 is 1.90 bits per heavy atom. The first-order valence-electron chi connectivity index (χ1n) is 6.52. The lowest BCUT2D eigenvalue weighted by Crippen LogP contribution is -2.35. The van der Waals surface area contributed by atoms with Gasteiger partial charge < -0.3 is 15.4 Å². The summed E-state index contributed by atoms with van der Waals surface area (Å²) in [4.78, 5) is 12.0. The lowest BCUT2D eigenvalue weighted by atomic mass is 10.2. The van der Waals surface area contributed by atoms with Crippen molar-refractivity contribution < 1.29 is 17.9 Å². The number of carbonyl (C=O) groups excluding carboxylic acids is 1. The standard InChI is InChI=1S/C13H19N3O4S/c1-20-11-7-12(14-8-11)13(17)15-9-3-5-10(6-4-9)16-21(2,18)19/h3-6,11-12,14,16H,7-8H2,1-2H3,(H,15,17). The highest BCUT2D eigenvalue weighted by Gasteiger charge is 2.29. The largest absolute Gasteiger partial charge is 0.380 e. The average molecular weight is 313 g/mol. The molecule has 1 aromatic carbocycles. The minimum absolute atomic E-state index is 0.0575. The number of benzene rings is 1. The van der Waals surface area contributed by atoms with E-state index in [9.17, 15) is 13.2 Å². The molecule has 1 amide bonds. The smallest absolute Gasteiger partial charge is 0.241 e. The van der Waals surface area contributed by atoms with Crippen LogP contribution in [-0.2, 0) is 19.6 Å². The highest BCUT2D eigenvalue weighted by molar-refractivity contribution is 7.92. The summed E-state index contributed by atoms with van der Waals surface area (Å²) in [7, 11) is -1.67. The molecule has 1 heterocycles. The van der Waals surface area contributed by atoms with Gasteiger partial charge in [-0.1, -0.05) is 0 Å². The maximum Gasteiger partial charge on any atom is 0.241 e. The van der Waals surface area contributed by atoms with Gasteiger partial charge in [0.15, 0.2) is 0 Å². The normalized spacial score (nSPS) is 22.0. The van der Waals surface area contributed by atoms with E-state index in [2.05, 4.69) is 15.4 Å². The number of ether oxygens (including phenoxy) is 1. The van der Waals surface area contributed by atoms with E-state index >= 15 is 0 Å². The number of hydrogen-bond donors (Lipinski definition) is 3. The van der Waals surface area contributed by atoms with Crippen LogP contribution in [0.4, 0.5) is 11.4 Å². The van der Waals surface area contributed by atoms with Crippen LogP contribution in [0.5, 0.6) is 0 Å². The van der Waals surface area contributed by atoms with Gasteiger partial charge in [0, 0.05) is 25.0 Å². The van der Waals surface area contributed by atoms with Crippen LogP contribution in [0.3, 0.4) is 0 Å². The fourth-order valence-corrected chi connectivity index (χ4v) is 2.71. The third kappa shape index (κ3) is 4.69. The van der Waals surface area contributed by atoms with Gasteiger partial charge in [-0.3, -0.25) is 9.52 Å². The van der Waals surface area contributed by atoms with Gasteiger partial charge in [0.2, 0.25) is 15.9 Å². The van der Waals surface area contributed by atoms with E-state index in [1.54, 1.807) is 31.4 Å². The number of sulfonamides is 1. The molecule has 21 heavy (non-hydrogen) atoms. The summed E-state index contributed by atoms with van der Waals surface area (Å²) in [6.07, 6.45) is 1.78. The van der Waals surface area contributed by atoms with E-state index in [0.29, 0.717) is 24.3 Å². The number of amides is 1. The molecule has 0 radical (unpaired) electrons. The molecule has 1 fully saturated rings. The molecule has 0 aromatic heterocycles. The zero-order valence-corrected chi connectivity index (χ0v) is 12.7. The second-order valence-electron chi connectivity index (χ2n) is 5.00. The van der Waals surface area contributed by atoms with Gasteiger partial charge in [0.25, 0.3) is 0 Å². The number of nitrogens with one attached hydrogen (secondary N) is 3. The Morgan fingerprint density at radius 1 is 1.29 bits per heavy atom. The van der Waals surface area contributed by atoms with Crippen LogP contribution in [-0.4, -0.2) is 46.4 Å². The van der Waals surface area contributed by atoms with Gasteiger partial charge in [-0.15, -0.1) is 0 Å². The number of rotatable bonds is 5. The number of carbonyl (C=O) groups is 1. The van der Waals surface area contributed by atoms with Crippen LogP contribution >= 0.6 is 0 Å². The molecular formula is C13H19N3O4S. The number of methoxy groups -OCH3 is 1. The minimum Gasteiger partial charge on any atom is -0.380 e. The molecule has 0 aliphatic carbocycles. The molecular weight excluding hydrogens is 294 g/mol.